The van der Waals surface area contributed by atoms with Gasteiger partial charge in [-0.15, -0.1) is 7.92 Å². The molecule has 0 N–H and O–H groups in total. The van der Waals surface area contributed by atoms with Crippen molar-refractivity contribution in [3.05, 3.63) is 0 Å². The lowest BCUT2D eigenvalue weighted by atomic mass is 10.3. The van der Waals surface area contributed by atoms with E-state index in [4.69, 9.17) is 0 Å². The fourth-order valence-electron chi connectivity index (χ4n) is 1.72. The quantitative estimate of drug-likeness (QED) is 0.496. The number of hydrogen-bond acceptors (Lipinski definition) is 0. The lowest BCUT2D eigenvalue weighted by Gasteiger charge is -2.19. The zero-order valence-electron chi connectivity index (χ0n) is 6.72. The average molecular weight is 144 g/mol. The summed E-state index contributed by atoms with van der Waals surface area (Å²) in [5.74, 6) is 0. The summed E-state index contributed by atoms with van der Waals surface area (Å²) in [6.45, 7) is 7.19. The molecule has 0 bridgehead atoms. The topological polar surface area (TPSA) is 0 Å². The highest BCUT2D eigenvalue weighted by Gasteiger charge is 2.24. The van der Waals surface area contributed by atoms with Crippen molar-refractivity contribution in [1.82, 2.24) is 0 Å². The van der Waals surface area contributed by atoms with Gasteiger partial charge < -0.3 is 0 Å². The van der Waals surface area contributed by atoms with Gasteiger partial charge in [-0.1, -0.05) is 20.8 Å². The van der Waals surface area contributed by atoms with Crippen LogP contribution in [0.5, 0.6) is 0 Å². The Bertz CT molecular complexity index is 88.6. The Kier molecular flexibility index (Phi) is 2.52. The van der Waals surface area contributed by atoms with E-state index in [1.165, 1.54) is 12.8 Å². The van der Waals surface area contributed by atoms with Crippen LogP contribution in [0.1, 0.15) is 33.6 Å². The van der Waals surface area contributed by atoms with Crippen LogP contribution in [0, 0.1) is 0 Å². The summed E-state index contributed by atoms with van der Waals surface area (Å²) in [5.41, 5.74) is 2.05. The lowest BCUT2D eigenvalue weighted by Crippen LogP contribution is -2.00. The Labute approximate surface area is 59.8 Å². The van der Waals surface area contributed by atoms with E-state index in [0.29, 0.717) is 7.92 Å². The third-order valence-electron chi connectivity index (χ3n) is 2.27. The van der Waals surface area contributed by atoms with E-state index in [1.807, 2.05) is 0 Å². The van der Waals surface area contributed by atoms with Crippen LogP contribution in [0.3, 0.4) is 0 Å². The van der Waals surface area contributed by atoms with Crippen molar-refractivity contribution in [3.8, 4) is 0 Å². The highest BCUT2D eigenvalue weighted by atomic mass is 31.1. The molecule has 54 valence electrons. The second-order valence-electron chi connectivity index (χ2n) is 3.32. The summed E-state index contributed by atoms with van der Waals surface area (Å²) in [5, 5.41) is 0. The minimum atomic E-state index is 0.435. The monoisotopic (exact) mass is 144 g/mol. The van der Waals surface area contributed by atoms with Gasteiger partial charge in [0.15, 0.2) is 0 Å². The van der Waals surface area contributed by atoms with Gasteiger partial charge in [-0.3, -0.25) is 0 Å². The summed E-state index contributed by atoms with van der Waals surface area (Å²) in [4.78, 5) is 0. The number of hydrogen-bond donors (Lipinski definition) is 0. The van der Waals surface area contributed by atoms with Crippen molar-refractivity contribution in [2.75, 3.05) is 6.16 Å². The van der Waals surface area contributed by atoms with Crippen LogP contribution in [0.15, 0.2) is 0 Å². The third-order valence-corrected chi connectivity index (χ3v) is 5.82. The molecule has 1 heteroatoms. The summed E-state index contributed by atoms with van der Waals surface area (Å²) in [6, 6.07) is 0. The van der Waals surface area contributed by atoms with Crippen LogP contribution in [0.4, 0.5) is 0 Å². The fraction of sp³-hybridized carbons (Fsp3) is 1.00. The van der Waals surface area contributed by atoms with Gasteiger partial charge in [0, 0.05) is 0 Å². The Morgan fingerprint density at radius 2 is 2.11 bits per heavy atom. The minimum Gasteiger partial charge on any atom is -0.101 e. The van der Waals surface area contributed by atoms with Crippen molar-refractivity contribution >= 4 is 7.92 Å². The maximum Gasteiger partial charge on any atom is -0.0235 e. The molecule has 0 spiro atoms. The Morgan fingerprint density at radius 3 is 2.33 bits per heavy atom. The van der Waals surface area contributed by atoms with E-state index >= 15 is 0 Å². The van der Waals surface area contributed by atoms with Gasteiger partial charge in [-0.05, 0) is 30.3 Å². The van der Waals surface area contributed by atoms with Crippen molar-refractivity contribution in [3.63, 3.8) is 0 Å². The molecule has 1 aliphatic rings. The summed E-state index contributed by atoms with van der Waals surface area (Å²) < 4.78 is 0. The molecular formula is C8H17P. The fourth-order valence-corrected chi connectivity index (χ4v) is 4.76. The smallest absolute Gasteiger partial charge is 0.0235 e. The van der Waals surface area contributed by atoms with Crippen LogP contribution < -0.4 is 0 Å². The normalized spacial score (nSPS) is 36.0. The lowest BCUT2D eigenvalue weighted by molar-refractivity contribution is 0.833. The molecule has 0 saturated carbocycles. The maximum absolute atomic E-state index is 2.43. The Hall–Kier alpha value is 0.430. The van der Waals surface area contributed by atoms with Gasteiger partial charge in [-0.25, -0.2) is 0 Å². The van der Waals surface area contributed by atoms with Crippen LogP contribution in [-0.2, 0) is 0 Å². The number of rotatable bonds is 1. The van der Waals surface area contributed by atoms with E-state index in [9.17, 15) is 0 Å². The molecule has 0 aliphatic carbocycles. The van der Waals surface area contributed by atoms with E-state index in [1.54, 1.807) is 6.16 Å². The van der Waals surface area contributed by atoms with E-state index in [2.05, 4.69) is 20.8 Å². The molecule has 0 aromatic heterocycles. The highest BCUT2D eigenvalue weighted by molar-refractivity contribution is 7.59. The van der Waals surface area contributed by atoms with Gasteiger partial charge in [-0.2, -0.15) is 0 Å². The molecule has 1 aliphatic heterocycles. The first-order valence-corrected chi connectivity index (χ1v) is 5.64. The molecule has 9 heavy (non-hydrogen) atoms. The van der Waals surface area contributed by atoms with Gasteiger partial charge in [0.05, 0.1) is 0 Å². The zero-order chi connectivity index (χ0) is 6.85. The van der Waals surface area contributed by atoms with Gasteiger partial charge in [0.1, 0.15) is 0 Å². The van der Waals surface area contributed by atoms with Crippen LogP contribution in [-0.4, -0.2) is 17.5 Å². The molecule has 1 fully saturated rings. The summed E-state index contributed by atoms with van der Waals surface area (Å²) >= 11 is 0. The van der Waals surface area contributed by atoms with Gasteiger partial charge in [0.25, 0.3) is 0 Å². The first kappa shape index (κ1) is 7.54. The zero-order valence-corrected chi connectivity index (χ0v) is 7.62. The van der Waals surface area contributed by atoms with Crippen LogP contribution in [0.2, 0.25) is 0 Å². The van der Waals surface area contributed by atoms with Crippen LogP contribution in [0.25, 0.3) is 0 Å². The first-order valence-electron chi connectivity index (χ1n) is 3.97. The van der Waals surface area contributed by atoms with E-state index in [-0.39, 0.29) is 0 Å². The molecule has 0 amide bonds. The van der Waals surface area contributed by atoms with Crippen molar-refractivity contribution in [2.24, 2.45) is 0 Å². The van der Waals surface area contributed by atoms with Crippen LogP contribution >= 0.6 is 7.92 Å². The first-order chi connectivity index (χ1) is 4.22. The second-order valence-corrected chi connectivity index (χ2v) is 6.71. The molecule has 1 saturated heterocycles. The molecule has 2 unspecified atom stereocenters. The Balaban J connectivity index is 2.40. The molecule has 0 aromatic carbocycles. The van der Waals surface area contributed by atoms with Crippen molar-refractivity contribution in [1.29, 1.82) is 0 Å². The third kappa shape index (κ3) is 1.67. The molecule has 2 atom stereocenters. The van der Waals surface area contributed by atoms with Gasteiger partial charge in [0.2, 0.25) is 0 Å². The molecule has 0 aromatic rings. The van der Waals surface area contributed by atoms with Gasteiger partial charge >= 0.3 is 0 Å². The highest BCUT2D eigenvalue weighted by Crippen LogP contribution is 2.53. The van der Waals surface area contributed by atoms with Crippen molar-refractivity contribution in [2.45, 2.75) is 44.9 Å². The predicted octanol–water partition coefficient (Wildman–Crippen LogP) is 3.06. The molecule has 1 heterocycles. The van der Waals surface area contributed by atoms with E-state index in [0.717, 1.165) is 11.3 Å². The molecule has 1 rings (SSSR count). The predicted molar refractivity (Wildman–Crippen MR) is 45.6 cm³/mol. The SMILES string of the molecule is CC(C)P1CCCC1C. The largest absolute Gasteiger partial charge is 0.101 e. The molecular weight excluding hydrogens is 127 g/mol. The molecule has 0 nitrogen and oxygen atoms in total. The summed E-state index contributed by atoms with van der Waals surface area (Å²) in [7, 11) is 0.435. The van der Waals surface area contributed by atoms with Crippen molar-refractivity contribution < 1.29 is 0 Å². The molecule has 0 radical (unpaired) electrons. The minimum absolute atomic E-state index is 0.435. The Morgan fingerprint density at radius 1 is 1.44 bits per heavy atom. The average Bonchev–Trinajstić information content (AvgIpc) is 2.13. The summed E-state index contributed by atoms with van der Waals surface area (Å²) in [6.07, 6.45) is 4.56. The standard InChI is InChI=1S/C8H17P/c1-7(2)9-6-4-5-8(9)3/h7-8H,4-6H2,1-3H3. The van der Waals surface area contributed by atoms with E-state index < -0.39 is 0 Å². The second kappa shape index (κ2) is 3.01. The maximum atomic E-state index is 2.43.